The summed E-state index contributed by atoms with van der Waals surface area (Å²) < 4.78 is 19.3. The van der Waals surface area contributed by atoms with Gasteiger partial charge in [-0.2, -0.15) is 10.5 Å². The molecule has 1 atom stereocenters. The molecule has 0 fully saturated rings. The van der Waals surface area contributed by atoms with E-state index in [9.17, 15) is 9.65 Å². The molecule has 0 spiro atoms. The Labute approximate surface area is 182 Å². The molecule has 1 aromatic heterocycles. The number of nitriles is 2. The van der Waals surface area contributed by atoms with Gasteiger partial charge in [-0.3, -0.25) is 5.32 Å². The lowest BCUT2D eigenvalue weighted by Crippen LogP contribution is -2.32. The molecule has 4 rings (SSSR count). The van der Waals surface area contributed by atoms with Crippen molar-refractivity contribution in [1.29, 1.82) is 10.5 Å². The number of rotatable bonds is 3. The molecular weight excluding hydrogens is 411 g/mol. The lowest BCUT2D eigenvalue weighted by atomic mass is 9.92. The normalized spacial score (nSPS) is 14.2. The number of anilines is 3. The number of benzene rings is 2. The molecule has 2 heterocycles. The summed E-state index contributed by atoms with van der Waals surface area (Å²) in [7, 11) is 1.51. The van der Waals surface area contributed by atoms with Crippen molar-refractivity contribution in [2.24, 2.45) is 4.99 Å². The molecule has 0 radical (unpaired) electrons. The fraction of sp³-hybridized carbons (Fsp3) is 0.0909. The SMILES string of the molecule is COc1ccc(F)cc1-c1cccc(C2N=C(NC#N)Nc3nc(N)c(C#N)c(N)c32)c1. The summed E-state index contributed by atoms with van der Waals surface area (Å²) in [5.74, 6) is 0.497. The quantitative estimate of drug-likeness (QED) is 0.366. The van der Waals surface area contributed by atoms with E-state index in [0.29, 0.717) is 28.0 Å². The number of fused-ring (bicyclic) bond motifs is 1. The van der Waals surface area contributed by atoms with Crippen LogP contribution in [0.4, 0.5) is 21.7 Å². The van der Waals surface area contributed by atoms with Gasteiger partial charge in [-0.05, 0) is 35.4 Å². The molecule has 0 saturated heterocycles. The van der Waals surface area contributed by atoms with Crippen LogP contribution in [-0.2, 0) is 0 Å². The van der Waals surface area contributed by atoms with Crippen LogP contribution in [0.25, 0.3) is 11.1 Å². The van der Waals surface area contributed by atoms with Gasteiger partial charge in [0.2, 0.25) is 5.96 Å². The average Bonchev–Trinajstić information content (AvgIpc) is 2.79. The van der Waals surface area contributed by atoms with Crippen LogP contribution >= 0.6 is 0 Å². The van der Waals surface area contributed by atoms with Crippen molar-refractivity contribution in [2.45, 2.75) is 6.04 Å². The largest absolute Gasteiger partial charge is 0.496 e. The van der Waals surface area contributed by atoms with Crippen LogP contribution < -0.4 is 26.8 Å². The van der Waals surface area contributed by atoms with Gasteiger partial charge >= 0.3 is 0 Å². The van der Waals surface area contributed by atoms with Crippen LogP contribution in [0, 0.1) is 28.6 Å². The van der Waals surface area contributed by atoms with Gasteiger partial charge in [0.15, 0.2) is 6.19 Å². The molecule has 2 aromatic carbocycles. The maximum atomic E-state index is 13.9. The Kier molecular flexibility index (Phi) is 5.19. The van der Waals surface area contributed by atoms with E-state index in [1.54, 1.807) is 18.3 Å². The molecule has 32 heavy (non-hydrogen) atoms. The van der Waals surface area contributed by atoms with Crippen LogP contribution in [0.5, 0.6) is 5.75 Å². The Hall–Kier alpha value is -4.83. The number of nitrogens with one attached hydrogen (secondary N) is 2. The highest BCUT2D eigenvalue weighted by Gasteiger charge is 2.29. The fourth-order valence-electron chi connectivity index (χ4n) is 3.60. The number of guanidine groups is 1. The number of pyridine rings is 1. The van der Waals surface area contributed by atoms with Crippen molar-refractivity contribution in [3.05, 3.63) is 65.0 Å². The third kappa shape index (κ3) is 3.46. The molecular formula is C22H17FN8O. The third-order valence-electron chi connectivity index (χ3n) is 5.03. The first-order valence-corrected chi connectivity index (χ1v) is 9.39. The molecule has 158 valence electrons. The van der Waals surface area contributed by atoms with Crippen LogP contribution in [0.2, 0.25) is 0 Å². The van der Waals surface area contributed by atoms with Gasteiger partial charge in [-0.25, -0.2) is 14.4 Å². The topological polar surface area (TPSA) is 158 Å². The zero-order valence-electron chi connectivity index (χ0n) is 16.8. The van der Waals surface area contributed by atoms with Gasteiger partial charge in [-0.15, -0.1) is 0 Å². The van der Waals surface area contributed by atoms with Gasteiger partial charge in [-0.1, -0.05) is 18.2 Å². The van der Waals surface area contributed by atoms with E-state index < -0.39 is 11.9 Å². The second-order valence-corrected chi connectivity index (χ2v) is 6.87. The zero-order valence-corrected chi connectivity index (χ0v) is 16.8. The van der Waals surface area contributed by atoms with Gasteiger partial charge in [0, 0.05) is 11.1 Å². The van der Waals surface area contributed by atoms with Gasteiger partial charge in [0.1, 0.15) is 40.9 Å². The first-order chi connectivity index (χ1) is 15.5. The number of methoxy groups -OCH3 is 1. The highest BCUT2D eigenvalue weighted by Crippen LogP contribution is 2.41. The molecule has 0 saturated carbocycles. The number of aliphatic imine (C=N–C) groups is 1. The Balaban J connectivity index is 1.91. The summed E-state index contributed by atoms with van der Waals surface area (Å²) in [6.07, 6.45) is 1.81. The number of nitrogens with zero attached hydrogens (tertiary/aromatic N) is 4. The van der Waals surface area contributed by atoms with Crippen molar-refractivity contribution < 1.29 is 9.13 Å². The Morgan fingerprint density at radius 2 is 2.00 bits per heavy atom. The highest BCUT2D eigenvalue weighted by molar-refractivity contribution is 5.98. The molecule has 1 aliphatic rings. The average molecular weight is 428 g/mol. The molecule has 0 amide bonds. The number of halogens is 1. The summed E-state index contributed by atoms with van der Waals surface area (Å²) in [6, 6.07) is 12.7. The molecule has 0 bridgehead atoms. The first kappa shape index (κ1) is 20.4. The minimum Gasteiger partial charge on any atom is -0.496 e. The van der Waals surface area contributed by atoms with E-state index in [2.05, 4.69) is 20.6 Å². The number of nitrogens with two attached hydrogens (primary N) is 2. The Morgan fingerprint density at radius 3 is 2.72 bits per heavy atom. The second kappa shape index (κ2) is 8.13. The minimum absolute atomic E-state index is 0.0357. The predicted molar refractivity (Wildman–Crippen MR) is 118 cm³/mol. The van der Waals surface area contributed by atoms with Crippen LogP contribution in [-0.4, -0.2) is 18.1 Å². The highest BCUT2D eigenvalue weighted by atomic mass is 19.1. The molecule has 1 unspecified atom stereocenters. The van der Waals surface area contributed by atoms with Crippen LogP contribution in [0.1, 0.15) is 22.7 Å². The van der Waals surface area contributed by atoms with E-state index in [4.69, 9.17) is 21.5 Å². The van der Waals surface area contributed by atoms with E-state index >= 15 is 0 Å². The molecule has 9 nitrogen and oxygen atoms in total. The van der Waals surface area contributed by atoms with Crippen LogP contribution in [0.15, 0.2) is 47.5 Å². The smallest absolute Gasteiger partial charge is 0.211 e. The minimum atomic E-state index is -0.707. The summed E-state index contributed by atoms with van der Waals surface area (Å²) in [5, 5.41) is 23.8. The molecule has 10 heteroatoms. The molecule has 0 aliphatic carbocycles. The summed E-state index contributed by atoms with van der Waals surface area (Å²) in [6.45, 7) is 0. The van der Waals surface area contributed by atoms with Crippen molar-refractivity contribution in [2.75, 3.05) is 23.9 Å². The number of aromatic nitrogens is 1. The van der Waals surface area contributed by atoms with E-state index in [-0.39, 0.29) is 28.8 Å². The lowest BCUT2D eigenvalue weighted by molar-refractivity contribution is 0.415. The van der Waals surface area contributed by atoms with Gasteiger partial charge < -0.3 is 21.5 Å². The van der Waals surface area contributed by atoms with E-state index in [0.717, 1.165) is 0 Å². The zero-order chi connectivity index (χ0) is 22.8. The monoisotopic (exact) mass is 428 g/mol. The van der Waals surface area contributed by atoms with Crippen molar-refractivity contribution >= 4 is 23.3 Å². The van der Waals surface area contributed by atoms with Gasteiger partial charge in [0.05, 0.1) is 12.8 Å². The number of nitrogen functional groups attached to an aromatic ring is 2. The summed E-state index contributed by atoms with van der Waals surface area (Å²) in [5.41, 5.74) is 14.7. The standard InChI is InChI=1S/C22H17FN8O/c1-32-16-6-5-13(23)8-14(16)11-3-2-4-12(7-11)19-17-18(26)15(9-24)20(27)30-21(17)31-22(29-19)28-10-25/h2-8,19H,1H3,(H6,26,27,28,29,30,31). The molecule has 6 N–H and O–H groups in total. The molecule has 3 aromatic rings. The maximum Gasteiger partial charge on any atom is 0.211 e. The van der Waals surface area contributed by atoms with Crippen molar-refractivity contribution in [3.8, 4) is 29.1 Å². The molecule has 1 aliphatic heterocycles. The second-order valence-electron chi connectivity index (χ2n) is 6.87. The van der Waals surface area contributed by atoms with Crippen molar-refractivity contribution in [1.82, 2.24) is 10.3 Å². The van der Waals surface area contributed by atoms with E-state index in [1.807, 2.05) is 24.3 Å². The Bertz CT molecular complexity index is 1340. The first-order valence-electron chi connectivity index (χ1n) is 9.39. The number of hydrogen-bond acceptors (Lipinski definition) is 9. The Morgan fingerprint density at radius 1 is 1.19 bits per heavy atom. The van der Waals surface area contributed by atoms with Crippen molar-refractivity contribution in [3.63, 3.8) is 0 Å². The third-order valence-corrected chi connectivity index (χ3v) is 5.03. The number of hydrogen-bond donors (Lipinski definition) is 4. The van der Waals surface area contributed by atoms with Crippen LogP contribution in [0.3, 0.4) is 0 Å². The summed E-state index contributed by atoms with van der Waals surface area (Å²) in [4.78, 5) is 8.78. The fourth-order valence-corrected chi connectivity index (χ4v) is 3.60. The predicted octanol–water partition coefficient (Wildman–Crippen LogP) is 2.87. The summed E-state index contributed by atoms with van der Waals surface area (Å²) >= 11 is 0. The lowest BCUT2D eigenvalue weighted by Gasteiger charge is -2.26. The number of ether oxygens (including phenoxy) is 1. The maximum absolute atomic E-state index is 13.9. The van der Waals surface area contributed by atoms with E-state index in [1.165, 1.54) is 19.2 Å². The van der Waals surface area contributed by atoms with Gasteiger partial charge in [0.25, 0.3) is 0 Å².